The molecule has 0 bridgehead atoms. The summed E-state index contributed by atoms with van der Waals surface area (Å²) in [6.07, 6.45) is 1.81. The number of rotatable bonds is 1. The lowest BCUT2D eigenvalue weighted by Gasteiger charge is -2.29. The summed E-state index contributed by atoms with van der Waals surface area (Å²) in [5.74, 6) is -0.243. The van der Waals surface area contributed by atoms with Crippen LogP contribution in [0.4, 0.5) is 0 Å². The van der Waals surface area contributed by atoms with Crippen LogP contribution in [0, 0.1) is 5.41 Å². The van der Waals surface area contributed by atoms with Crippen molar-refractivity contribution >= 4 is 5.91 Å². The summed E-state index contributed by atoms with van der Waals surface area (Å²) >= 11 is 0. The first-order valence-electron chi connectivity index (χ1n) is 3.53. The molecular weight excluding hydrogens is 130 g/mol. The third kappa shape index (κ3) is 1.29. The van der Waals surface area contributed by atoms with Gasteiger partial charge in [0.25, 0.3) is 0 Å². The molecule has 3 heteroatoms. The van der Waals surface area contributed by atoms with E-state index < -0.39 is 5.41 Å². The monoisotopic (exact) mass is 143 g/mol. The smallest absolute Gasteiger partial charge is 0.225 e. The van der Waals surface area contributed by atoms with E-state index in [1.807, 2.05) is 6.92 Å². The summed E-state index contributed by atoms with van der Waals surface area (Å²) in [5.41, 5.74) is 4.78. The molecule has 0 radical (unpaired) electrons. The molecule has 0 spiro atoms. The highest BCUT2D eigenvalue weighted by molar-refractivity contribution is 5.80. The predicted molar refractivity (Wildman–Crippen MR) is 37.4 cm³/mol. The number of carbonyl (C=O) groups excluding carboxylic acids is 1. The summed E-state index contributed by atoms with van der Waals surface area (Å²) in [5, 5.41) is 0. The van der Waals surface area contributed by atoms with E-state index in [1.54, 1.807) is 0 Å². The second-order valence-corrected chi connectivity index (χ2v) is 3.08. The maximum Gasteiger partial charge on any atom is 0.225 e. The van der Waals surface area contributed by atoms with Gasteiger partial charge < -0.3 is 10.5 Å². The molecule has 0 aromatic carbocycles. The molecule has 1 amide bonds. The van der Waals surface area contributed by atoms with Crippen LogP contribution in [0.5, 0.6) is 0 Å². The lowest BCUT2D eigenvalue weighted by atomic mass is 9.84. The van der Waals surface area contributed by atoms with Crippen molar-refractivity contribution in [3.8, 4) is 0 Å². The molecule has 0 aromatic rings. The van der Waals surface area contributed by atoms with Crippen molar-refractivity contribution in [3.05, 3.63) is 0 Å². The zero-order valence-electron chi connectivity index (χ0n) is 6.22. The normalized spacial score (nSPS) is 33.7. The minimum absolute atomic E-state index is 0.243. The zero-order valence-corrected chi connectivity index (χ0v) is 6.22. The third-order valence-electron chi connectivity index (χ3n) is 2.03. The highest BCUT2D eigenvalue weighted by Gasteiger charge is 2.33. The van der Waals surface area contributed by atoms with Gasteiger partial charge in [0, 0.05) is 6.61 Å². The first kappa shape index (κ1) is 7.54. The van der Waals surface area contributed by atoms with Crippen LogP contribution >= 0.6 is 0 Å². The van der Waals surface area contributed by atoms with Gasteiger partial charge in [0.05, 0.1) is 12.0 Å². The highest BCUT2D eigenvalue weighted by Crippen LogP contribution is 2.26. The number of ether oxygens (including phenoxy) is 1. The van der Waals surface area contributed by atoms with E-state index in [9.17, 15) is 4.79 Å². The summed E-state index contributed by atoms with van der Waals surface area (Å²) in [6.45, 7) is 3.11. The Labute approximate surface area is 60.5 Å². The van der Waals surface area contributed by atoms with E-state index in [-0.39, 0.29) is 5.91 Å². The fourth-order valence-corrected chi connectivity index (χ4v) is 1.13. The molecule has 3 nitrogen and oxygen atoms in total. The first-order chi connectivity index (χ1) is 4.65. The topological polar surface area (TPSA) is 52.3 Å². The Morgan fingerprint density at radius 1 is 1.70 bits per heavy atom. The summed E-state index contributed by atoms with van der Waals surface area (Å²) < 4.78 is 5.15. The lowest BCUT2D eigenvalue weighted by molar-refractivity contribution is -0.133. The van der Waals surface area contributed by atoms with E-state index in [1.165, 1.54) is 0 Å². The molecule has 1 rings (SSSR count). The van der Waals surface area contributed by atoms with Gasteiger partial charge in [-0.2, -0.15) is 0 Å². The fourth-order valence-electron chi connectivity index (χ4n) is 1.13. The van der Waals surface area contributed by atoms with E-state index in [4.69, 9.17) is 10.5 Å². The Balaban J connectivity index is 2.56. The number of carbonyl (C=O) groups is 1. The molecule has 10 heavy (non-hydrogen) atoms. The van der Waals surface area contributed by atoms with Crippen molar-refractivity contribution in [1.82, 2.24) is 0 Å². The van der Waals surface area contributed by atoms with Crippen LogP contribution in [0.25, 0.3) is 0 Å². The fraction of sp³-hybridized carbons (Fsp3) is 0.857. The molecule has 58 valence electrons. The van der Waals surface area contributed by atoms with E-state index in [0.29, 0.717) is 6.61 Å². The van der Waals surface area contributed by atoms with Gasteiger partial charge in [0.2, 0.25) is 5.91 Å². The molecule has 0 aliphatic carbocycles. The standard InChI is InChI=1S/C7H13NO2/c1-7(6(8)9)3-2-4-10-5-7/h2-5H2,1H3,(H2,8,9)/t7-/m0/s1. The first-order valence-corrected chi connectivity index (χ1v) is 3.53. The Morgan fingerprint density at radius 3 is 2.70 bits per heavy atom. The van der Waals surface area contributed by atoms with Crippen molar-refractivity contribution in [2.75, 3.05) is 13.2 Å². The minimum atomic E-state index is -0.405. The number of hydrogen-bond donors (Lipinski definition) is 1. The molecule has 1 saturated heterocycles. The molecule has 1 atom stereocenters. The Hall–Kier alpha value is -0.570. The van der Waals surface area contributed by atoms with E-state index in [2.05, 4.69) is 0 Å². The van der Waals surface area contributed by atoms with Crippen LogP contribution in [-0.4, -0.2) is 19.1 Å². The average molecular weight is 143 g/mol. The molecule has 1 fully saturated rings. The highest BCUT2D eigenvalue weighted by atomic mass is 16.5. The van der Waals surface area contributed by atoms with Crippen molar-refractivity contribution in [2.24, 2.45) is 11.1 Å². The molecule has 1 aliphatic rings. The number of hydrogen-bond acceptors (Lipinski definition) is 2. The van der Waals surface area contributed by atoms with Crippen molar-refractivity contribution in [3.63, 3.8) is 0 Å². The van der Waals surface area contributed by atoms with Crippen LogP contribution in [-0.2, 0) is 9.53 Å². The molecule has 0 saturated carbocycles. The molecule has 2 N–H and O–H groups in total. The van der Waals surface area contributed by atoms with Gasteiger partial charge in [-0.05, 0) is 19.8 Å². The Kier molecular flexibility index (Phi) is 1.94. The van der Waals surface area contributed by atoms with Gasteiger partial charge in [0.15, 0.2) is 0 Å². The quantitative estimate of drug-likeness (QED) is 0.573. The van der Waals surface area contributed by atoms with Gasteiger partial charge in [-0.3, -0.25) is 4.79 Å². The van der Waals surface area contributed by atoms with Crippen molar-refractivity contribution < 1.29 is 9.53 Å². The maximum absolute atomic E-state index is 10.8. The van der Waals surface area contributed by atoms with Crippen LogP contribution in [0.2, 0.25) is 0 Å². The van der Waals surface area contributed by atoms with Gasteiger partial charge in [-0.25, -0.2) is 0 Å². The van der Waals surface area contributed by atoms with Crippen LogP contribution in [0.15, 0.2) is 0 Å². The van der Waals surface area contributed by atoms with Crippen LogP contribution in [0.3, 0.4) is 0 Å². The SMILES string of the molecule is C[C@]1(C(N)=O)CCCOC1. The number of primary amides is 1. The van der Waals surface area contributed by atoms with E-state index >= 15 is 0 Å². The maximum atomic E-state index is 10.8. The number of amides is 1. The van der Waals surface area contributed by atoms with Gasteiger partial charge >= 0.3 is 0 Å². The average Bonchev–Trinajstić information content (AvgIpc) is 1.89. The molecule has 1 aliphatic heterocycles. The van der Waals surface area contributed by atoms with Gasteiger partial charge in [-0.15, -0.1) is 0 Å². The zero-order chi connectivity index (χ0) is 7.61. The second-order valence-electron chi connectivity index (χ2n) is 3.08. The second kappa shape index (κ2) is 2.58. The molecule has 0 unspecified atom stereocenters. The summed E-state index contributed by atoms with van der Waals surface area (Å²) in [7, 11) is 0. The summed E-state index contributed by atoms with van der Waals surface area (Å²) in [6, 6.07) is 0. The third-order valence-corrected chi connectivity index (χ3v) is 2.03. The van der Waals surface area contributed by atoms with Crippen LogP contribution in [0.1, 0.15) is 19.8 Å². The largest absolute Gasteiger partial charge is 0.380 e. The molecule has 0 aromatic heterocycles. The Bertz CT molecular complexity index is 139. The molecular formula is C7H13NO2. The number of nitrogens with two attached hydrogens (primary N) is 1. The minimum Gasteiger partial charge on any atom is -0.380 e. The molecule has 1 heterocycles. The van der Waals surface area contributed by atoms with E-state index in [0.717, 1.165) is 19.4 Å². The lowest BCUT2D eigenvalue weighted by Crippen LogP contribution is -2.41. The predicted octanol–water partition coefficient (Wildman–Crippen LogP) is 0.288. The van der Waals surface area contributed by atoms with Gasteiger partial charge in [0.1, 0.15) is 0 Å². The van der Waals surface area contributed by atoms with Crippen LogP contribution < -0.4 is 5.73 Å². The van der Waals surface area contributed by atoms with Gasteiger partial charge in [-0.1, -0.05) is 0 Å². The summed E-state index contributed by atoms with van der Waals surface area (Å²) in [4.78, 5) is 10.8. The van der Waals surface area contributed by atoms with Crippen molar-refractivity contribution in [2.45, 2.75) is 19.8 Å². The van der Waals surface area contributed by atoms with Crippen molar-refractivity contribution in [1.29, 1.82) is 0 Å². The Morgan fingerprint density at radius 2 is 2.40 bits per heavy atom.